The minimum Gasteiger partial charge on any atom is -0.465 e. The molecule has 2 fully saturated rings. The highest BCUT2D eigenvalue weighted by atomic mass is 16.5. The van der Waals surface area contributed by atoms with E-state index in [-0.39, 0.29) is 17.3 Å². The lowest BCUT2D eigenvalue weighted by molar-refractivity contribution is -0.150. The van der Waals surface area contributed by atoms with Gasteiger partial charge in [-0.05, 0) is 25.2 Å². The topological polar surface area (TPSA) is 26.3 Å². The van der Waals surface area contributed by atoms with Crippen LogP contribution in [0.25, 0.3) is 0 Å². The first-order valence-electron chi connectivity index (χ1n) is 6.28. The normalized spacial score (nSPS) is 36.3. The minimum atomic E-state index is 0.0500. The Bertz CT molecular complexity index is 245. The third-order valence-corrected chi connectivity index (χ3v) is 4.28. The molecule has 0 aromatic carbocycles. The van der Waals surface area contributed by atoms with E-state index in [0.717, 1.165) is 12.8 Å². The molecule has 0 heterocycles. The summed E-state index contributed by atoms with van der Waals surface area (Å²) in [4.78, 5) is 11.5. The van der Waals surface area contributed by atoms with Gasteiger partial charge < -0.3 is 4.74 Å². The SMILES string of the molecule is CC1CCCCC1(C)COC(=O)C1CC1. The van der Waals surface area contributed by atoms with Crippen LogP contribution in [-0.4, -0.2) is 12.6 Å². The minimum absolute atomic E-state index is 0.0500. The van der Waals surface area contributed by atoms with Gasteiger partial charge in [0.1, 0.15) is 0 Å². The Hall–Kier alpha value is -0.530. The largest absolute Gasteiger partial charge is 0.465 e. The van der Waals surface area contributed by atoms with Crippen LogP contribution in [0.1, 0.15) is 52.4 Å². The highest BCUT2D eigenvalue weighted by Gasteiger charge is 2.37. The molecule has 0 radical (unpaired) electrons. The fraction of sp³-hybridized carbons (Fsp3) is 0.923. The van der Waals surface area contributed by atoms with Gasteiger partial charge in [0.25, 0.3) is 0 Å². The van der Waals surface area contributed by atoms with Crippen LogP contribution in [0, 0.1) is 17.3 Å². The summed E-state index contributed by atoms with van der Waals surface area (Å²) in [5.41, 5.74) is 0.239. The van der Waals surface area contributed by atoms with Crippen LogP contribution >= 0.6 is 0 Å². The molecule has 2 rings (SSSR count). The number of carbonyl (C=O) groups is 1. The van der Waals surface area contributed by atoms with Gasteiger partial charge in [-0.3, -0.25) is 4.79 Å². The molecule has 0 amide bonds. The van der Waals surface area contributed by atoms with Gasteiger partial charge in [-0.25, -0.2) is 0 Å². The first kappa shape index (κ1) is 11.0. The monoisotopic (exact) mass is 210 g/mol. The summed E-state index contributed by atoms with van der Waals surface area (Å²) in [5, 5.41) is 0. The summed E-state index contributed by atoms with van der Waals surface area (Å²) < 4.78 is 5.44. The van der Waals surface area contributed by atoms with Crippen LogP contribution in [0.5, 0.6) is 0 Å². The lowest BCUT2D eigenvalue weighted by atomic mass is 9.69. The molecule has 2 aliphatic rings. The molecule has 2 heteroatoms. The predicted molar refractivity (Wildman–Crippen MR) is 59.4 cm³/mol. The summed E-state index contributed by atoms with van der Waals surface area (Å²) in [6.07, 6.45) is 7.23. The van der Waals surface area contributed by atoms with E-state index in [2.05, 4.69) is 13.8 Å². The third-order valence-electron chi connectivity index (χ3n) is 4.28. The molecular weight excluding hydrogens is 188 g/mol. The van der Waals surface area contributed by atoms with Gasteiger partial charge in [0.2, 0.25) is 0 Å². The van der Waals surface area contributed by atoms with Gasteiger partial charge in [-0.15, -0.1) is 0 Å². The predicted octanol–water partition coefficient (Wildman–Crippen LogP) is 3.16. The summed E-state index contributed by atoms with van der Waals surface area (Å²) >= 11 is 0. The van der Waals surface area contributed by atoms with Gasteiger partial charge in [-0.2, -0.15) is 0 Å². The molecular formula is C13H22O2. The molecule has 0 aliphatic heterocycles. The molecule has 0 saturated heterocycles. The molecule has 0 N–H and O–H groups in total. The van der Waals surface area contributed by atoms with E-state index in [4.69, 9.17) is 4.74 Å². The second kappa shape index (κ2) is 4.15. The number of esters is 1. The number of rotatable bonds is 3. The Kier molecular flexibility index (Phi) is 3.03. The van der Waals surface area contributed by atoms with Crippen molar-refractivity contribution in [3.05, 3.63) is 0 Å². The van der Waals surface area contributed by atoms with Crippen LogP contribution < -0.4 is 0 Å². The first-order chi connectivity index (χ1) is 7.12. The van der Waals surface area contributed by atoms with Crippen LogP contribution in [0.2, 0.25) is 0 Å². The average molecular weight is 210 g/mol. The summed E-state index contributed by atoms with van der Waals surface area (Å²) in [6, 6.07) is 0. The molecule has 0 aromatic rings. The standard InChI is InChI=1S/C13H22O2/c1-10-5-3-4-8-13(10,2)9-15-12(14)11-6-7-11/h10-11H,3-9H2,1-2H3. The maximum atomic E-state index is 11.5. The van der Waals surface area contributed by atoms with E-state index in [1.807, 2.05) is 0 Å². The van der Waals surface area contributed by atoms with Gasteiger partial charge in [0.15, 0.2) is 0 Å². The lowest BCUT2D eigenvalue weighted by Gasteiger charge is -2.39. The zero-order valence-electron chi connectivity index (χ0n) is 9.92. The highest BCUT2D eigenvalue weighted by molar-refractivity contribution is 5.74. The van der Waals surface area contributed by atoms with Crippen molar-refractivity contribution in [1.82, 2.24) is 0 Å². The summed E-state index contributed by atoms with van der Waals surface area (Å²) in [6.45, 7) is 5.21. The van der Waals surface area contributed by atoms with Crippen molar-refractivity contribution >= 4 is 5.97 Å². The molecule has 0 spiro atoms. The van der Waals surface area contributed by atoms with E-state index in [1.165, 1.54) is 25.7 Å². The smallest absolute Gasteiger partial charge is 0.308 e. The van der Waals surface area contributed by atoms with Gasteiger partial charge in [-0.1, -0.05) is 33.1 Å². The van der Waals surface area contributed by atoms with Crippen molar-refractivity contribution in [2.75, 3.05) is 6.61 Å². The molecule has 0 aromatic heterocycles. The van der Waals surface area contributed by atoms with E-state index < -0.39 is 0 Å². The highest BCUT2D eigenvalue weighted by Crippen LogP contribution is 2.41. The molecule has 0 bridgehead atoms. The maximum Gasteiger partial charge on any atom is 0.308 e. The Morgan fingerprint density at radius 2 is 2.07 bits per heavy atom. The molecule has 2 aliphatic carbocycles. The summed E-state index contributed by atoms with van der Waals surface area (Å²) in [7, 11) is 0. The Balaban J connectivity index is 1.82. The van der Waals surface area contributed by atoms with E-state index >= 15 is 0 Å². The molecule has 15 heavy (non-hydrogen) atoms. The van der Waals surface area contributed by atoms with Crippen LogP contribution in [0.3, 0.4) is 0 Å². The van der Waals surface area contributed by atoms with Crippen molar-refractivity contribution in [2.45, 2.75) is 52.4 Å². The van der Waals surface area contributed by atoms with Crippen molar-refractivity contribution in [1.29, 1.82) is 0 Å². The number of hydrogen-bond donors (Lipinski definition) is 0. The average Bonchev–Trinajstić information content (AvgIpc) is 3.03. The van der Waals surface area contributed by atoms with Crippen LogP contribution in [0.4, 0.5) is 0 Å². The first-order valence-corrected chi connectivity index (χ1v) is 6.28. The Morgan fingerprint density at radius 1 is 1.33 bits per heavy atom. The van der Waals surface area contributed by atoms with Crippen molar-refractivity contribution < 1.29 is 9.53 Å². The summed E-state index contributed by atoms with van der Waals surface area (Å²) in [5.74, 6) is 0.986. The number of carbonyl (C=O) groups excluding carboxylic acids is 1. The fourth-order valence-corrected chi connectivity index (χ4v) is 2.46. The lowest BCUT2D eigenvalue weighted by Crippen LogP contribution is -2.34. The maximum absolute atomic E-state index is 11.5. The second-order valence-electron chi connectivity index (χ2n) is 5.68. The molecule has 2 atom stereocenters. The fourth-order valence-electron chi connectivity index (χ4n) is 2.46. The Labute approximate surface area is 92.4 Å². The second-order valence-corrected chi connectivity index (χ2v) is 5.68. The number of ether oxygens (including phenoxy) is 1. The third kappa shape index (κ3) is 2.53. The molecule has 86 valence electrons. The van der Waals surface area contributed by atoms with E-state index in [0.29, 0.717) is 12.5 Å². The van der Waals surface area contributed by atoms with Crippen LogP contribution in [-0.2, 0) is 9.53 Å². The van der Waals surface area contributed by atoms with Gasteiger partial charge >= 0.3 is 5.97 Å². The van der Waals surface area contributed by atoms with E-state index in [1.54, 1.807) is 0 Å². The Morgan fingerprint density at radius 3 is 2.67 bits per heavy atom. The molecule has 2 nitrogen and oxygen atoms in total. The van der Waals surface area contributed by atoms with Crippen LogP contribution in [0.15, 0.2) is 0 Å². The van der Waals surface area contributed by atoms with Crippen molar-refractivity contribution in [3.8, 4) is 0 Å². The van der Waals surface area contributed by atoms with Gasteiger partial charge in [0, 0.05) is 5.41 Å². The zero-order valence-corrected chi connectivity index (χ0v) is 9.92. The zero-order chi connectivity index (χ0) is 10.9. The van der Waals surface area contributed by atoms with Crippen molar-refractivity contribution in [2.24, 2.45) is 17.3 Å². The van der Waals surface area contributed by atoms with E-state index in [9.17, 15) is 4.79 Å². The number of hydrogen-bond acceptors (Lipinski definition) is 2. The van der Waals surface area contributed by atoms with Crippen molar-refractivity contribution in [3.63, 3.8) is 0 Å². The van der Waals surface area contributed by atoms with Gasteiger partial charge in [0.05, 0.1) is 12.5 Å². The quantitative estimate of drug-likeness (QED) is 0.669. The molecule has 2 unspecified atom stereocenters. The molecule has 2 saturated carbocycles.